The quantitative estimate of drug-likeness (QED) is 0.708. The molecule has 138 valence electrons. The topological polar surface area (TPSA) is 128 Å². The molecule has 0 aromatic carbocycles. The van der Waals surface area contributed by atoms with Gasteiger partial charge < -0.3 is 19.3 Å². The molecule has 2 saturated heterocycles. The van der Waals surface area contributed by atoms with Crippen molar-refractivity contribution in [1.29, 1.82) is 0 Å². The Morgan fingerprint density at radius 3 is 2.12 bits per heavy atom. The fraction of sp³-hybridized carbons (Fsp3) is 0.438. The number of carboxylic acids is 1. The molecule has 2 aliphatic heterocycles. The number of carbonyl (C=O) groups excluding carboxylic acids is 4. The van der Waals surface area contributed by atoms with Gasteiger partial charge in [0.15, 0.2) is 5.76 Å². The highest BCUT2D eigenvalue weighted by Crippen LogP contribution is 2.15. The standard InChI is InChI=1S/C16H17N3O7/c20-12-1-2-13(21)19(12)8-14(22)17-3-5-18(6-4-17)15(23)11-7-10(9-26-11)16(24)25/h7,9H,1-6,8H2,(H,24,25). The Morgan fingerprint density at radius 1 is 1.00 bits per heavy atom. The highest BCUT2D eigenvalue weighted by molar-refractivity contribution is 6.04. The molecule has 0 aliphatic carbocycles. The van der Waals surface area contributed by atoms with Crippen molar-refractivity contribution in [2.45, 2.75) is 12.8 Å². The lowest BCUT2D eigenvalue weighted by molar-refractivity contribution is -0.146. The third kappa shape index (κ3) is 3.44. The van der Waals surface area contributed by atoms with E-state index in [9.17, 15) is 24.0 Å². The maximum Gasteiger partial charge on any atom is 0.338 e. The SMILES string of the molecule is O=C(O)c1coc(C(=O)N2CCN(C(=O)CN3C(=O)CCC3=O)CC2)c1. The largest absolute Gasteiger partial charge is 0.478 e. The average molecular weight is 363 g/mol. The number of carboxylic acid groups (broad SMARTS) is 1. The molecule has 3 heterocycles. The maximum absolute atomic E-state index is 12.3. The Hall–Kier alpha value is -3.17. The third-order valence-corrected chi connectivity index (χ3v) is 4.42. The van der Waals surface area contributed by atoms with Crippen LogP contribution in [-0.2, 0) is 14.4 Å². The zero-order valence-electron chi connectivity index (χ0n) is 13.8. The van der Waals surface area contributed by atoms with Crippen LogP contribution >= 0.6 is 0 Å². The normalized spacial score (nSPS) is 17.8. The van der Waals surface area contributed by atoms with Gasteiger partial charge in [-0.2, -0.15) is 0 Å². The molecule has 1 aromatic heterocycles. The van der Waals surface area contributed by atoms with Crippen LogP contribution in [0.2, 0.25) is 0 Å². The first-order chi connectivity index (χ1) is 12.4. The summed E-state index contributed by atoms with van der Waals surface area (Å²) in [5, 5.41) is 8.86. The number of rotatable bonds is 4. The number of carbonyl (C=O) groups is 5. The summed E-state index contributed by atoms with van der Waals surface area (Å²) in [6, 6.07) is 1.16. The Kier molecular flexibility index (Phi) is 4.74. The second-order valence-electron chi connectivity index (χ2n) is 6.05. The Balaban J connectivity index is 1.54. The number of aromatic carboxylic acids is 1. The first kappa shape index (κ1) is 17.6. The zero-order chi connectivity index (χ0) is 18.8. The van der Waals surface area contributed by atoms with Crippen LogP contribution in [0.25, 0.3) is 0 Å². The molecular weight excluding hydrogens is 346 g/mol. The summed E-state index contributed by atoms with van der Waals surface area (Å²) in [6.45, 7) is 0.734. The van der Waals surface area contributed by atoms with Crippen molar-refractivity contribution in [3.8, 4) is 0 Å². The van der Waals surface area contributed by atoms with Crippen LogP contribution in [0.15, 0.2) is 16.7 Å². The van der Waals surface area contributed by atoms with E-state index in [0.717, 1.165) is 17.2 Å². The van der Waals surface area contributed by atoms with Crippen LogP contribution in [0.3, 0.4) is 0 Å². The molecule has 0 saturated carbocycles. The molecule has 0 unspecified atom stereocenters. The summed E-state index contributed by atoms with van der Waals surface area (Å²) in [5.74, 6) is -2.74. The minimum absolute atomic E-state index is 0.0737. The first-order valence-electron chi connectivity index (χ1n) is 8.09. The van der Waals surface area contributed by atoms with Gasteiger partial charge in [-0.1, -0.05) is 0 Å². The fourth-order valence-electron chi connectivity index (χ4n) is 2.91. The van der Waals surface area contributed by atoms with Crippen molar-refractivity contribution >= 4 is 29.6 Å². The number of likely N-dealkylation sites (tertiary alicyclic amines) is 1. The monoisotopic (exact) mass is 363 g/mol. The molecule has 0 radical (unpaired) electrons. The molecule has 0 atom stereocenters. The summed E-state index contributed by atoms with van der Waals surface area (Å²) in [4.78, 5) is 62.5. The molecule has 2 aliphatic rings. The van der Waals surface area contributed by atoms with Gasteiger partial charge in [0.05, 0.1) is 5.56 Å². The predicted molar refractivity (Wildman–Crippen MR) is 84.1 cm³/mol. The van der Waals surface area contributed by atoms with E-state index in [2.05, 4.69) is 0 Å². The van der Waals surface area contributed by atoms with Crippen LogP contribution in [0.5, 0.6) is 0 Å². The molecule has 1 aromatic rings. The average Bonchev–Trinajstić information content (AvgIpc) is 3.24. The molecule has 0 spiro atoms. The molecule has 1 N–H and O–H groups in total. The highest BCUT2D eigenvalue weighted by Gasteiger charge is 2.33. The van der Waals surface area contributed by atoms with Gasteiger partial charge in [-0.25, -0.2) is 4.79 Å². The number of piperazine rings is 1. The maximum atomic E-state index is 12.3. The number of amides is 4. The molecule has 26 heavy (non-hydrogen) atoms. The second-order valence-corrected chi connectivity index (χ2v) is 6.05. The molecule has 0 bridgehead atoms. The lowest BCUT2D eigenvalue weighted by atomic mass is 10.2. The van der Waals surface area contributed by atoms with Crippen molar-refractivity contribution in [1.82, 2.24) is 14.7 Å². The van der Waals surface area contributed by atoms with Gasteiger partial charge >= 0.3 is 5.97 Å². The number of imide groups is 1. The number of furan rings is 1. The molecule has 10 heteroatoms. The van der Waals surface area contributed by atoms with Gasteiger partial charge in [-0.05, 0) is 0 Å². The number of nitrogens with zero attached hydrogens (tertiary/aromatic N) is 3. The summed E-state index contributed by atoms with van der Waals surface area (Å²) in [5.41, 5.74) is -0.109. The summed E-state index contributed by atoms with van der Waals surface area (Å²) in [6.07, 6.45) is 1.27. The van der Waals surface area contributed by atoms with E-state index >= 15 is 0 Å². The van der Waals surface area contributed by atoms with Crippen LogP contribution in [0, 0.1) is 0 Å². The van der Waals surface area contributed by atoms with Gasteiger partial charge in [-0.15, -0.1) is 0 Å². The zero-order valence-corrected chi connectivity index (χ0v) is 13.8. The van der Waals surface area contributed by atoms with Crippen molar-refractivity contribution < 1.29 is 33.5 Å². The van der Waals surface area contributed by atoms with E-state index in [1.807, 2.05) is 0 Å². The third-order valence-electron chi connectivity index (χ3n) is 4.42. The van der Waals surface area contributed by atoms with Gasteiger partial charge in [-0.3, -0.25) is 24.1 Å². The van der Waals surface area contributed by atoms with E-state index in [1.165, 1.54) is 9.80 Å². The van der Waals surface area contributed by atoms with Gasteiger partial charge in [0.1, 0.15) is 12.8 Å². The first-order valence-corrected chi connectivity index (χ1v) is 8.09. The Labute approximate surface area is 147 Å². The van der Waals surface area contributed by atoms with Gasteiger partial charge in [0.2, 0.25) is 17.7 Å². The highest BCUT2D eigenvalue weighted by atomic mass is 16.4. The predicted octanol–water partition coefficient (Wildman–Crippen LogP) is -0.589. The van der Waals surface area contributed by atoms with Crippen LogP contribution in [0.1, 0.15) is 33.8 Å². The summed E-state index contributed by atoms with van der Waals surface area (Å²) in [7, 11) is 0. The minimum atomic E-state index is -1.19. The minimum Gasteiger partial charge on any atom is -0.478 e. The molecule has 3 rings (SSSR count). The Morgan fingerprint density at radius 2 is 1.58 bits per heavy atom. The molecular formula is C16H17N3O7. The molecule has 2 fully saturated rings. The van der Waals surface area contributed by atoms with Crippen LogP contribution < -0.4 is 0 Å². The van der Waals surface area contributed by atoms with E-state index in [0.29, 0.717) is 0 Å². The van der Waals surface area contributed by atoms with Crippen LogP contribution in [-0.4, -0.2) is 82.1 Å². The van der Waals surface area contributed by atoms with Crippen molar-refractivity contribution in [2.75, 3.05) is 32.7 Å². The van der Waals surface area contributed by atoms with Gasteiger partial charge in [0, 0.05) is 45.1 Å². The van der Waals surface area contributed by atoms with Crippen LogP contribution in [0.4, 0.5) is 0 Å². The number of hydrogen-bond acceptors (Lipinski definition) is 6. The molecule has 4 amide bonds. The smallest absolute Gasteiger partial charge is 0.338 e. The molecule has 10 nitrogen and oxygen atoms in total. The van der Waals surface area contributed by atoms with E-state index in [-0.39, 0.29) is 74.6 Å². The Bertz CT molecular complexity index is 761. The summed E-state index contributed by atoms with van der Waals surface area (Å²) < 4.78 is 4.99. The van der Waals surface area contributed by atoms with Crippen molar-refractivity contribution in [3.63, 3.8) is 0 Å². The van der Waals surface area contributed by atoms with Gasteiger partial charge in [0.25, 0.3) is 5.91 Å². The van der Waals surface area contributed by atoms with E-state index < -0.39 is 11.9 Å². The second kappa shape index (κ2) is 6.98. The van der Waals surface area contributed by atoms with E-state index in [1.54, 1.807) is 0 Å². The summed E-state index contributed by atoms with van der Waals surface area (Å²) >= 11 is 0. The van der Waals surface area contributed by atoms with Crippen molar-refractivity contribution in [3.05, 3.63) is 23.7 Å². The number of hydrogen-bond donors (Lipinski definition) is 1. The lowest BCUT2D eigenvalue weighted by Crippen LogP contribution is -2.53. The van der Waals surface area contributed by atoms with Crippen molar-refractivity contribution in [2.24, 2.45) is 0 Å². The van der Waals surface area contributed by atoms with E-state index in [4.69, 9.17) is 9.52 Å². The fourth-order valence-corrected chi connectivity index (χ4v) is 2.91. The lowest BCUT2D eigenvalue weighted by Gasteiger charge is -2.34.